The molecule has 1 aromatic carbocycles. The number of hydrogen-bond donors (Lipinski definition) is 2. The van der Waals surface area contributed by atoms with Gasteiger partial charge >= 0.3 is 0 Å². The van der Waals surface area contributed by atoms with E-state index in [9.17, 15) is 0 Å². The molecule has 2 rings (SSSR count). The summed E-state index contributed by atoms with van der Waals surface area (Å²) in [5.74, 6) is 2.29. The summed E-state index contributed by atoms with van der Waals surface area (Å²) in [6, 6.07) is 3.64. The molecule has 0 aliphatic rings. The first-order valence-corrected chi connectivity index (χ1v) is 7.20. The minimum Gasteiger partial charge on any atom is -0.493 e. The Bertz CT molecular complexity index is 624. The zero-order valence-corrected chi connectivity index (χ0v) is 13.5. The van der Waals surface area contributed by atoms with Crippen molar-refractivity contribution in [3.8, 4) is 28.5 Å². The molecule has 0 atom stereocenters. The molecule has 0 aliphatic carbocycles. The van der Waals surface area contributed by atoms with Gasteiger partial charge in [-0.2, -0.15) is 0 Å². The third-order valence-electron chi connectivity index (χ3n) is 3.24. The van der Waals surface area contributed by atoms with Crippen LogP contribution in [0.2, 0.25) is 0 Å². The van der Waals surface area contributed by atoms with E-state index in [1.54, 1.807) is 33.7 Å². The number of hydrogen-bond acceptors (Lipinski definition) is 7. The maximum Gasteiger partial charge on any atom is 0.203 e. The Kier molecular flexibility index (Phi) is 5.99. The van der Waals surface area contributed by atoms with E-state index in [-0.39, 0.29) is 6.61 Å². The Morgan fingerprint density at radius 2 is 1.74 bits per heavy atom. The van der Waals surface area contributed by atoms with Gasteiger partial charge < -0.3 is 24.6 Å². The van der Waals surface area contributed by atoms with E-state index < -0.39 is 0 Å². The zero-order valence-electron chi connectivity index (χ0n) is 13.5. The van der Waals surface area contributed by atoms with Crippen molar-refractivity contribution in [2.75, 3.05) is 39.8 Å². The highest BCUT2D eigenvalue weighted by Crippen LogP contribution is 2.40. The van der Waals surface area contributed by atoms with E-state index in [0.717, 1.165) is 5.56 Å². The largest absolute Gasteiger partial charge is 0.493 e. The maximum atomic E-state index is 8.83. The van der Waals surface area contributed by atoms with Crippen molar-refractivity contribution in [2.24, 2.45) is 0 Å². The Morgan fingerprint density at radius 3 is 2.30 bits per heavy atom. The Hall–Kier alpha value is -2.54. The van der Waals surface area contributed by atoms with Gasteiger partial charge in [-0.3, -0.25) is 4.98 Å². The lowest BCUT2D eigenvalue weighted by molar-refractivity contribution is 0.292. The van der Waals surface area contributed by atoms with Gasteiger partial charge in [-0.25, -0.2) is 4.98 Å². The molecule has 23 heavy (non-hydrogen) atoms. The summed E-state index contributed by atoms with van der Waals surface area (Å²) >= 11 is 0. The van der Waals surface area contributed by atoms with E-state index in [1.807, 2.05) is 12.1 Å². The van der Waals surface area contributed by atoms with Gasteiger partial charge in [0.2, 0.25) is 5.75 Å². The average Bonchev–Trinajstić information content (AvgIpc) is 2.60. The predicted molar refractivity (Wildman–Crippen MR) is 87.3 cm³/mol. The lowest BCUT2D eigenvalue weighted by Gasteiger charge is -2.14. The van der Waals surface area contributed by atoms with Gasteiger partial charge in [0.25, 0.3) is 0 Å². The fraction of sp³-hybridized carbons (Fsp3) is 0.375. The number of nitrogens with one attached hydrogen (secondary N) is 1. The van der Waals surface area contributed by atoms with Crippen molar-refractivity contribution in [3.63, 3.8) is 0 Å². The van der Waals surface area contributed by atoms with Crippen LogP contribution in [0.3, 0.4) is 0 Å². The monoisotopic (exact) mass is 319 g/mol. The molecule has 0 aliphatic heterocycles. The SMILES string of the molecule is COc1cc(-c2cncc(NCCCO)n2)cc(OC)c1OC. The topological polar surface area (TPSA) is 85.7 Å². The minimum absolute atomic E-state index is 0.132. The lowest BCUT2D eigenvalue weighted by Crippen LogP contribution is -2.05. The number of rotatable bonds is 8. The summed E-state index contributed by atoms with van der Waals surface area (Å²) in [5.41, 5.74) is 1.48. The van der Waals surface area contributed by atoms with E-state index in [4.69, 9.17) is 19.3 Å². The molecule has 0 saturated heterocycles. The molecule has 1 aromatic heterocycles. The summed E-state index contributed by atoms with van der Waals surface area (Å²) < 4.78 is 16.0. The second-order valence-electron chi connectivity index (χ2n) is 4.71. The standard InChI is InChI=1S/C16H21N3O4/c1-21-13-7-11(8-14(22-2)16(13)23-3)12-9-17-10-15(19-12)18-5-4-6-20/h7-10,20H,4-6H2,1-3H3,(H,18,19). The first-order valence-electron chi connectivity index (χ1n) is 7.20. The normalized spacial score (nSPS) is 10.3. The number of benzene rings is 1. The van der Waals surface area contributed by atoms with Crippen LogP contribution in [0.5, 0.6) is 17.2 Å². The highest BCUT2D eigenvalue weighted by Gasteiger charge is 2.15. The number of methoxy groups -OCH3 is 3. The molecule has 2 aromatic rings. The predicted octanol–water partition coefficient (Wildman–Crippen LogP) is 1.96. The minimum atomic E-state index is 0.132. The summed E-state index contributed by atoms with van der Waals surface area (Å²) in [6.07, 6.45) is 3.95. The number of nitrogens with zero attached hydrogens (tertiary/aromatic N) is 2. The van der Waals surface area contributed by atoms with Crippen LogP contribution in [0.25, 0.3) is 11.3 Å². The summed E-state index contributed by atoms with van der Waals surface area (Å²) in [5, 5.41) is 11.9. The Morgan fingerprint density at radius 1 is 1.04 bits per heavy atom. The molecule has 0 amide bonds. The molecule has 7 heteroatoms. The molecule has 7 nitrogen and oxygen atoms in total. The van der Waals surface area contributed by atoms with E-state index in [2.05, 4.69) is 15.3 Å². The molecular weight excluding hydrogens is 298 g/mol. The molecule has 0 unspecified atom stereocenters. The molecule has 0 saturated carbocycles. The van der Waals surface area contributed by atoms with Crippen molar-refractivity contribution in [1.29, 1.82) is 0 Å². The van der Waals surface area contributed by atoms with Gasteiger partial charge in [-0.1, -0.05) is 0 Å². The smallest absolute Gasteiger partial charge is 0.203 e. The number of anilines is 1. The van der Waals surface area contributed by atoms with Crippen molar-refractivity contribution in [3.05, 3.63) is 24.5 Å². The summed E-state index contributed by atoms with van der Waals surface area (Å²) in [7, 11) is 4.70. The quantitative estimate of drug-likeness (QED) is 0.719. The summed E-state index contributed by atoms with van der Waals surface area (Å²) in [6.45, 7) is 0.761. The molecule has 0 bridgehead atoms. The van der Waals surface area contributed by atoms with Gasteiger partial charge in [-0.05, 0) is 18.6 Å². The van der Waals surface area contributed by atoms with E-state index in [0.29, 0.717) is 41.7 Å². The van der Waals surface area contributed by atoms with Crippen molar-refractivity contribution >= 4 is 5.82 Å². The van der Waals surface area contributed by atoms with Crippen LogP contribution in [-0.4, -0.2) is 49.6 Å². The third kappa shape index (κ3) is 4.01. The number of aliphatic hydroxyl groups excluding tert-OH is 1. The fourth-order valence-corrected chi connectivity index (χ4v) is 2.11. The molecule has 0 radical (unpaired) electrons. The van der Waals surface area contributed by atoms with Gasteiger partial charge in [0, 0.05) is 18.7 Å². The van der Waals surface area contributed by atoms with Gasteiger partial charge in [0.1, 0.15) is 5.82 Å². The highest BCUT2D eigenvalue weighted by atomic mass is 16.5. The Labute approximate surface area is 135 Å². The van der Waals surface area contributed by atoms with Crippen molar-refractivity contribution < 1.29 is 19.3 Å². The van der Waals surface area contributed by atoms with Crippen molar-refractivity contribution in [1.82, 2.24) is 9.97 Å². The molecular formula is C16H21N3O4. The molecule has 0 fully saturated rings. The lowest BCUT2D eigenvalue weighted by atomic mass is 10.1. The molecule has 2 N–H and O–H groups in total. The number of ether oxygens (including phenoxy) is 3. The molecule has 1 heterocycles. The zero-order chi connectivity index (χ0) is 16.7. The van der Waals surface area contributed by atoms with Crippen LogP contribution in [0.15, 0.2) is 24.5 Å². The van der Waals surface area contributed by atoms with Gasteiger partial charge in [0.05, 0.1) is 39.4 Å². The van der Waals surface area contributed by atoms with Crippen LogP contribution in [-0.2, 0) is 0 Å². The van der Waals surface area contributed by atoms with Crippen LogP contribution >= 0.6 is 0 Å². The van der Waals surface area contributed by atoms with Crippen LogP contribution < -0.4 is 19.5 Å². The first kappa shape index (κ1) is 16.8. The van der Waals surface area contributed by atoms with Gasteiger partial charge in [-0.15, -0.1) is 0 Å². The third-order valence-corrected chi connectivity index (χ3v) is 3.24. The Balaban J connectivity index is 2.36. The number of aromatic nitrogens is 2. The van der Waals surface area contributed by atoms with E-state index in [1.165, 1.54) is 0 Å². The second-order valence-corrected chi connectivity index (χ2v) is 4.71. The summed E-state index contributed by atoms with van der Waals surface area (Å²) in [4.78, 5) is 8.71. The number of aliphatic hydroxyl groups is 1. The molecule has 124 valence electrons. The fourth-order valence-electron chi connectivity index (χ4n) is 2.11. The van der Waals surface area contributed by atoms with E-state index >= 15 is 0 Å². The van der Waals surface area contributed by atoms with Crippen LogP contribution in [0.4, 0.5) is 5.82 Å². The van der Waals surface area contributed by atoms with Gasteiger partial charge in [0.15, 0.2) is 11.5 Å². The van der Waals surface area contributed by atoms with Crippen molar-refractivity contribution in [2.45, 2.75) is 6.42 Å². The highest BCUT2D eigenvalue weighted by molar-refractivity contribution is 5.69. The van der Waals surface area contributed by atoms with Crippen LogP contribution in [0.1, 0.15) is 6.42 Å². The average molecular weight is 319 g/mol. The first-order chi connectivity index (χ1) is 11.2. The van der Waals surface area contributed by atoms with Crippen LogP contribution in [0, 0.1) is 0 Å². The molecule has 0 spiro atoms. The second kappa shape index (κ2) is 8.19. The maximum absolute atomic E-state index is 8.83.